The van der Waals surface area contributed by atoms with Gasteiger partial charge in [0.2, 0.25) is 5.95 Å². The van der Waals surface area contributed by atoms with Crippen molar-refractivity contribution < 1.29 is 13.2 Å². The average Bonchev–Trinajstić information content (AvgIpc) is 2.69. The van der Waals surface area contributed by atoms with Gasteiger partial charge in [-0.1, -0.05) is 6.07 Å². The van der Waals surface area contributed by atoms with Crippen molar-refractivity contribution >= 4 is 32.9 Å². The number of nitrogen functional groups attached to an aromatic ring is 1. The van der Waals surface area contributed by atoms with E-state index in [0.717, 1.165) is 12.1 Å². The smallest absolute Gasteiger partial charge is 0.206 e. The van der Waals surface area contributed by atoms with Gasteiger partial charge in [-0.2, -0.15) is 0 Å². The van der Waals surface area contributed by atoms with E-state index in [2.05, 4.69) is 20.9 Å². The molecule has 0 fully saturated rings. The molecule has 0 atom stereocenters. The van der Waals surface area contributed by atoms with E-state index < -0.39 is 17.5 Å². The number of nitrogens with zero attached hydrogens (tertiary/aromatic N) is 2. The number of rotatable bonds is 1. The van der Waals surface area contributed by atoms with Crippen LogP contribution in [-0.2, 0) is 0 Å². The van der Waals surface area contributed by atoms with Crippen LogP contribution in [0.5, 0.6) is 0 Å². The zero-order valence-corrected chi connectivity index (χ0v) is 11.5. The molecule has 3 rings (SSSR count). The van der Waals surface area contributed by atoms with Crippen molar-refractivity contribution in [2.45, 2.75) is 0 Å². The van der Waals surface area contributed by atoms with Gasteiger partial charge in [0.05, 0.1) is 21.2 Å². The molecule has 3 aromatic rings. The minimum Gasteiger partial charge on any atom is -0.369 e. The predicted molar refractivity (Wildman–Crippen MR) is 73.1 cm³/mol. The maximum Gasteiger partial charge on any atom is 0.206 e. The molecule has 0 amide bonds. The first-order chi connectivity index (χ1) is 9.49. The highest BCUT2D eigenvalue weighted by Crippen LogP contribution is 2.29. The summed E-state index contributed by atoms with van der Waals surface area (Å²) in [6.45, 7) is 0. The fourth-order valence-electron chi connectivity index (χ4n) is 2.01. The first-order valence-corrected chi connectivity index (χ1v) is 6.35. The fourth-order valence-corrected chi connectivity index (χ4v) is 2.34. The highest BCUT2D eigenvalue weighted by molar-refractivity contribution is 9.10. The number of anilines is 1. The molecule has 0 aliphatic rings. The van der Waals surface area contributed by atoms with Crippen molar-refractivity contribution in [2.24, 2.45) is 0 Å². The molecule has 2 N–H and O–H groups in total. The van der Waals surface area contributed by atoms with Crippen LogP contribution in [0.15, 0.2) is 34.8 Å². The van der Waals surface area contributed by atoms with Gasteiger partial charge in [0, 0.05) is 6.07 Å². The zero-order valence-electron chi connectivity index (χ0n) is 9.87. The largest absolute Gasteiger partial charge is 0.369 e. The Kier molecular flexibility index (Phi) is 2.93. The summed E-state index contributed by atoms with van der Waals surface area (Å²) in [7, 11) is 0. The van der Waals surface area contributed by atoms with Crippen molar-refractivity contribution in [3.8, 4) is 5.69 Å². The summed E-state index contributed by atoms with van der Waals surface area (Å²) in [4.78, 5) is 4.02. The van der Waals surface area contributed by atoms with E-state index in [4.69, 9.17) is 5.73 Å². The van der Waals surface area contributed by atoms with Crippen LogP contribution in [0.1, 0.15) is 0 Å². The summed E-state index contributed by atoms with van der Waals surface area (Å²) >= 11 is 3.03. The lowest BCUT2D eigenvalue weighted by Crippen LogP contribution is -2.04. The van der Waals surface area contributed by atoms with E-state index in [1.165, 1.54) is 22.8 Å². The summed E-state index contributed by atoms with van der Waals surface area (Å²) in [5, 5.41) is 0. The second-order valence-electron chi connectivity index (χ2n) is 4.13. The number of imidazole rings is 1. The van der Waals surface area contributed by atoms with Gasteiger partial charge in [-0.05, 0) is 34.1 Å². The van der Waals surface area contributed by atoms with E-state index >= 15 is 0 Å². The first-order valence-electron chi connectivity index (χ1n) is 5.56. The van der Waals surface area contributed by atoms with E-state index in [0.29, 0.717) is 5.52 Å². The van der Waals surface area contributed by atoms with Gasteiger partial charge in [-0.15, -0.1) is 0 Å². The molecule has 0 saturated carbocycles. The number of benzene rings is 2. The third kappa shape index (κ3) is 1.85. The van der Waals surface area contributed by atoms with E-state index in [1.807, 2.05) is 0 Å². The Balaban J connectivity index is 2.39. The van der Waals surface area contributed by atoms with E-state index in [-0.39, 0.29) is 21.6 Å². The molecule has 1 heterocycles. The lowest BCUT2D eigenvalue weighted by molar-refractivity contribution is 0.505. The molecule has 0 saturated heterocycles. The predicted octanol–water partition coefficient (Wildman–Crippen LogP) is 3.79. The molecule has 0 bridgehead atoms. The van der Waals surface area contributed by atoms with Crippen molar-refractivity contribution in [3.63, 3.8) is 0 Å². The molecular formula is C13H7BrF3N3. The molecule has 102 valence electrons. The van der Waals surface area contributed by atoms with Crippen molar-refractivity contribution in [1.29, 1.82) is 0 Å². The van der Waals surface area contributed by atoms with Crippen molar-refractivity contribution in [1.82, 2.24) is 9.55 Å². The topological polar surface area (TPSA) is 43.8 Å². The van der Waals surface area contributed by atoms with E-state index in [1.54, 1.807) is 0 Å². The molecule has 0 spiro atoms. The summed E-state index contributed by atoms with van der Waals surface area (Å²) in [5.41, 5.74) is 6.24. The van der Waals surface area contributed by atoms with Gasteiger partial charge in [0.15, 0.2) is 11.6 Å². The molecule has 0 radical (unpaired) electrons. The van der Waals surface area contributed by atoms with Crippen LogP contribution >= 0.6 is 15.9 Å². The van der Waals surface area contributed by atoms with Gasteiger partial charge in [-0.3, -0.25) is 4.57 Å². The molecular weight excluding hydrogens is 335 g/mol. The lowest BCUT2D eigenvalue weighted by atomic mass is 10.2. The summed E-state index contributed by atoms with van der Waals surface area (Å²) in [5.74, 6) is -2.68. The molecule has 3 nitrogen and oxygen atoms in total. The van der Waals surface area contributed by atoms with Crippen LogP contribution < -0.4 is 5.73 Å². The highest BCUT2D eigenvalue weighted by atomic mass is 79.9. The number of aromatic nitrogens is 2. The Hall–Kier alpha value is -2.02. The standard InChI is InChI=1S/C13H7BrF3N3/c14-6-4-9-11(5-8(6)16)20(13(18)19-9)10-3-1-2-7(15)12(10)17/h1-5H,(H2,18,19). The molecule has 0 unspecified atom stereocenters. The lowest BCUT2D eigenvalue weighted by Gasteiger charge is -2.08. The van der Waals surface area contributed by atoms with Gasteiger partial charge in [0.1, 0.15) is 5.82 Å². The van der Waals surface area contributed by atoms with E-state index in [9.17, 15) is 13.2 Å². The Morgan fingerprint density at radius 3 is 2.60 bits per heavy atom. The van der Waals surface area contributed by atoms with Gasteiger partial charge in [0.25, 0.3) is 0 Å². The molecule has 20 heavy (non-hydrogen) atoms. The normalized spacial score (nSPS) is 11.2. The fraction of sp³-hybridized carbons (Fsp3) is 0. The highest BCUT2D eigenvalue weighted by Gasteiger charge is 2.17. The monoisotopic (exact) mass is 341 g/mol. The maximum absolute atomic E-state index is 13.9. The Morgan fingerprint density at radius 2 is 1.85 bits per heavy atom. The minimum absolute atomic E-state index is 0.0537. The van der Waals surface area contributed by atoms with Gasteiger partial charge >= 0.3 is 0 Å². The molecule has 1 aromatic heterocycles. The Bertz CT molecular complexity index is 829. The Labute approximate surface area is 120 Å². The average molecular weight is 342 g/mol. The summed E-state index contributed by atoms with van der Waals surface area (Å²) in [6.07, 6.45) is 0. The second-order valence-corrected chi connectivity index (χ2v) is 4.99. The number of halogens is 4. The SMILES string of the molecule is Nc1nc2cc(Br)c(F)cc2n1-c1cccc(F)c1F. The van der Waals surface area contributed by atoms with Crippen LogP contribution in [-0.4, -0.2) is 9.55 Å². The van der Waals surface area contributed by atoms with Crippen LogP contribution in [0.25, 0.3) is 16.7 Å². The van der Waals surface area contributed by atoms with Crippen LogP contribution in [0.2, 0.25) is 0 Å². The second kappa shape index (κ2) is 4.52. The molecule has 0 aliphatic heterocycles. The van der Waals surface area contributed by atoms with Crippen LogP contribution in [0.4, 0.5) is 19.1 Å². The number of hydrogen-bond donors (Lipinski definition) is 1. The molecule has 0 aliphatic carbocycles. The summed E-state index contributed by atoms with van der Waals surface area (Å²) < 4.78 is 42.2. The zero-order chi connectivity index (χ0) is 14.4. The minimum atomic E-state index is -1.07. The maximum atomic E-state index is 13.9. The van der Waals surface area contributed by atoms with Crippen LogP contribution in [0, 0.1) is 17.5 Å². The Morgan fingerprint density at radius 1 is 1.10 bits per heavy atom. The molecule has 7 heteroatoms. The van der Waals surface area contributed by atoms with Gasteiger partial charge < -0.3 is 5.73 Å². The van der Waals surface area contributed by atoms with Crippen molar-refractivity contribution in [2.75, 3.05) is 5.73 Å². The molecule has 2 aromatic carbocycles. The number of nitrogens with two attached hydrogens (primary N) is 1. The van der Waals surface area contributed by atoms with Crippen molar-refractivity contribution in [3.05, 3.63) is 52.3 Å². The van der Waals surface area contributed by atoms with Gasteiger partial charge in [-0.25, -0.2) is 18.2 Å². The third-order valence-corrected chi connectivity index (χ3v) is 3.50. The quantitative estimate of drug-likeness (QED) is 0.731. The summed E-state index contributed by atoms with van der Waals surface area (Å²) in [6, 6.07) is 6.26. The van der Waals surface area contributed by atoms with Crippen LogP contribution in [0.3, 0.4) is 0 Å². The first kappa shape index (κ1) is 13.0. The third-order valence-electron chi connectivity index (χ3n) is 2.89. The number of hydrogen-bond acceptors (Lipinski definition) is 2. The number of fused-ring (bicyclic) bond motifs is 1.